The minimum atomic E-state index is -0.616. The molecule has 1 aromatic carbocycles. The van der Waals surface area contributed by atoms with Crippen LogP contribution in [0.4, 0.5) is 26.4 Å². The van der Waals surface area contributed by atoms with Crippen LogP contribution in [0, 0.1) is 12.7 Å². The first-order valence-electron chi connectivity index (χ1n) is 12.0. The van der Waals surface area contributed by atoms with Gasteiger partial charge in [0.25, 0.3) is 0 Å². The lowest BCUT2D eigenvalue weighted by atomic mass is 9.97. The number of ether oxygens (including phenoxy) is 3. The highest BCUT2D eigenvalue weighted by Crippen LogP contribution is 2.39. The average molecular weight is 495 g/mol. The Morgan fingerprint density at radius 1 is 1.28 bits per heavy atom. The molecular weight excluding hydrogens is 467 g/mol. The summed E-state index contributed by atoms with van der Waals surface area (Å²) in [5.74, 6) is 0.215. The summed E-state index contributed by atoms with van der Waals surface area (Å²) in [5, 5.41) is 10.3. The van der Waals surface area contributed by atoms with Gasteiger partial charge in [0, 0.05) is 48.4 Å². The molecule has 2 aromatic heterocycles. The third-order valence-corrected chi connectivity index (χ3v) is 7.12. The van der Waals surface area contributed by atoms with Crippen LogP contribution < -0.4 is 26.4 Å². The van der Waals surface area contributed by atoms with Crippen molar-refractivity contribution in [3.63, 3.8) is 0 Å². The molecule has 10 nitrogen and oxygen atoms in total. The molecule has 0 radical (unpaired) electrons. The number of halogens is 1. The van der Waals surface area contributed by atoms with Crippen molar-refractivity contribution in [2.24, 2.45) is 0 Å². The number of benzene rings is 1. The van der Waals surface area contributed by atoms with Crippen molar-refractivity contribution in [2.75, 3.05) is 49.2 Å². The molecule has 2 fully saturated rings. The van der Waals surface area contributed by atoms with Gasteiger partial charge in [-0.05, 0) is 43.0 Å². The van der Waals surface area contributed by atoms with Gasteiger partial charge in [0.15, 0.2) is 5.82 Å². The maximum absolute atomic E-state index is 15.4. The van der Waals surface area contributed by atoms with Crippen molar-refractivity contribution < 1.29 is 23.4 Å². The fourth-order valence-electron chi connectivity index (χ4n) is 5.24. The number of hydrogen-bond donors (Lipinski definition) is 4. The van der Waals surface area contributed by atoms with Gasteiger partial charge in [-0.1, -0.05) is 0 Å². The molecule has 2 atom stereocenters. The quantitative estimate of drug-likeness (QED) is 0.405. The third-order valence-electron chi connectivity index (χ3n) is 7.12. The van der Waals surface area contributed by atoms with Crippen molar-refractivity contribution in [1.82, 2.24) is 15.3 Å². The Hall–Kier alpha value is -3.70. The number of anilines is 3. The summed E-state index contributed by atoms with van der Waals surface area (Å²) in [6, 6.07) is 3.33. The van der Waals surface area contributed by atoms with E-state index in [9.17, 15) is 4.79 Å². The van der Waals surface area contributed by atoms with Crippen LogP contribution in [0.15, 0.2) is 24.5 Å². The van der Waals surface area contributed by atoms with Crippen LogP contribution in [0.25, 0.3) is 21.9 Å². The molecule has 2 saturated heterocycles. The van der Waals surface area contributed by atoms with Crippen molar-refractivity contribution in [1.29, 1.82) is 0 Å². The number of nitrogens with zero attached hydrogens (tertiary/aromatic N) is 2. The van der Waals surface area contributed by atoms with E-state index in [1.54, 1.807) is 18.3 Å². The lowest BCUT2D eigenvalue weighted by molar-refractivity contribution is 0.0162. The monoisotopic (exact) mass is 494 g/mol. The molecule has 5 N–H and O–H groups in total. The number of nitrogens with two attached hydrogens (primary N) is 1. The molecule has 0 saturated carbocycles. The molecule has 5 heterocycles. The third kappa shape index (κ3) is 3.94. The van der Waals surface area contributed by atoms with E-state index in [4.69, 9.17) is 19.9 Å². The van der Waals surface area contributed by atoms with Crippen molar-refractivity contribution in [2.45, 2.75) is 31.5 Å². The Bertz CT molecular complexity index is 1360. The number of pyridine rings is 2. The molecule has 188 valence electrons. The van der Waals surface area contributed by atoms with Gasteiger partial charge in [-0.25, -0.2) is 19.2 Å². The van der Waals surface area contributed by atoms with Crippen molar-refractivity contribution in [3.8, 4) is 17.0 Å². The number of aromatic nitrogens is 2. The van der Waals surface area contributed by atoms with Crippen molar-refractivity contribution in [3.05, 3.63) is 35.9 Å². The summed E-state index contributed by atoms with van der Waals surface area (Å²) in [4.78, 5) is 21.1. The van der Waals surface area contributed by atoms with Gasteiger partial charge in [0.05, 0.1) is 17.9 Å². The molecular formula is C25H27FN6O4. The predicted octanol–water partition coefficient (Wildman–Crippen LogP) is 3.20. The molecule has 1 amide bonds. The van der Waals surface area contributed by atoms with Gasteiger partial charge >= 0.3 is 6.09 Å². The van der Waals surface area contributed by atoms with Gasteiger partial charge in [-0.3, -0.25) is 5.32 Å². The number of rotatable bonds is 3. The van der Waals surface area contributed by atoms with Crippen molar-refractivity contribution >= 4 is 34.1 Å². The van der Waals surface area contributed by atoms with E-state index in [1.165, 1.54) is 6.20 Å². The lowest BCUT2D eigenvalue weighted by Crippen LogP contribution is -2.31. The van der Waals surface area contributed by atoms with Gasteiger partial charge in [0.1, 0.15) is 24.2 Å². The number of fused-ring (bicyclic) bond motifs is 2. The van der Waals surface area contributed by atoms with Crippen LogP contribution in [0.3, 0.4) is 0 Å². The van der Waals surface area contributed by atoms with E-state index >= 15 is 4.39 Å². The number of carbonyl (C=O) groups is 1. The average Bonchev–Trinajstić information content (AvgIpc) is 3.50. The standard InChI is InChI=1S/C25H27FN6O4/c1-13-17(9-31-23-22(13)29-4-5-34-23)16-6-14-7-19(30-10-18(14)21(27)20(16)26)32-24(33)36-15-8-25(35-11-15)2-3-28-12-25/h6-7,9-10,15,28-29H,2-5,8,11-12,27H2,1H3,(H,30,32,33). The van der Waals surface area contributed by atoms with E-state index in [1.807, 2.05) is 6.92 Å². The number of carbonyl (C=O) groups excluding carboxylic acids is 1. The maximum atomic E-state index is 15.4. The number of amides is 1. The van der Waals surface area contributed by atoms with E-state index in [0.717, 1.165) is 30.8 Å². The highest BCUT2D eigenvalue weighted by Gasteiger charge is 2.44. The molecule has 11 heteroatoms. The zero-order chi connectivity index (χ0) is 24.9. The fourth-order valence-corrected chi connectivity index (χ4v) is 5.24. The van der Waals surface area contributed by atoms with Gasteiger partial charge < -0.3 is 30.6 Å². The number of hydrogen-bond acceptors (Lipinski definition) is 9. The molecule has 36 heavy (non-hydrogen) atoms. The minimum Gasteiger partial charge on any atom is -0.474 e. The number of nitrogen functional groups attached to an aromatic ring is 1. The molecule has 3 aliphatic rings. The summed E-state index contributed by atoms with van der Waals surface area (Å²) in [6.45, 7) is 5.08. The highest BCUT2D eigenvalue weighted by molar-refractivity contribution is 5.99. The van der Waals surface area contributed by atoms with Crippen LogP contribution in [0.5, 0.6) is 5.88 Å². The van der Waals surface area contributed by atoms with Crippen LogP contribution in [0.1, 0.15) is 18.4 Å². The topological polar surface area (TPSA) is 133 Å². The van der Waals surface area contributed by atoms with E-state index in [0.29, 0.717) is 54.0 Å². The highest BCUT2D eigenvalue weighted by atomic mass is 19.1. The summed E-state index contributed by atoms with van der Waals surface area (Å²) in [5.41, 5.74) is 8.34. The summed E-state index contributed by atoms with van der Waals surface area (Å²) in [7, 11) is 0. The first kappa shape index (κ1) is 22.7. The number of nitrogens with one attached hydrogen (secondary N) is 3. The Labute approximate surface area is 206 Å². The van der Waals surface area contributed by atoms with Crippen LogP contribution in [0.2, 0.25) is 0 Å². The maximum Gasteiger partial charge on any atom is 0.413 e. The van der Waals surface area contributed by atoms with Crippen LogP contribution in [-0.4, -0.2) is 60.6 Å². The summed E-state index contributed by atoms with van der Waals surface area (Å²) < 4.78 is 32.4. The van der Waals surface area contributed by atoms with Crippen LogP contribution in [-0.2, 0) is 9.47 Å². The van der Waals surface area contributed by atoms with Gasteiger partial charge in [-0.2, -0.15) is 0 Å². The predicted molar refractivity (Wildman–Crippen MR) is 133 cm³/mol. The van der Waals surface area contributed by atoms with Gasteiger partial charge in [-0.15, -0.1) is 0 Å². The van der Waals surface area contributed by atoms with E-state index < -0.39 is 11.9 Å². The Kier molecular flexibility index (Phi) is 5.53. The van der Waals surface area contributed by atoms with E-state index in [2.05, 4.69) is 25.9 Å². The molecule has 3 aromatic rings. The lowest BCUT2D eigenvalue weighted by Gasteiger charge is -2.22. The second-order valence-electron chi connectivity index (χ2n) is 9.47. The largest absolute Gasteiger partial charge is 0.474 e. The summed E-state index contributed by atoms with van der Waals surface area (Å²) >= 11 is 0. The normalized spacial score (nSPS) is 22.8. The fraction of sp³-hybridized carbons (Fsp3) is 0.400. The van der Waals surface area contributed by atoms with E-state index in [-0.39, 0.29) is 23.2 Å². The first-order chi connectivity index (χ1) is 17.4. The van der Waals surface area contributed by atoms with Gasteiger partial charge in [0.2, 0.25) is 5.88 Å². The Morgan fingerprint density at radius 2 is 2.17 bits per heavy atom. The second kappa shape index (κ2) is 8.75. The minimum absolute atomic E-state index is 0.0240. The second-order valence-corrected chi connectivity index (χ2v) is 9.47. The van der Waals surface area contributed by atoms with Crippen LogP contribution >= 0.6 is 0 Å². The molecule has 3 aliphatic heterocycles. The SMILES string of the molecule is Cc1c(-c2cc3cc(NC(=O)OC4COC5(CCNC5)C4)ncc3c(N)c2F)cnc2c1NCCO2. The first-order valence-corrected chi connectivity index (χ1v) is 12.0. The zero-order valence-corrected chi connectivity index (χ0v) is 19.8. The molecule has 1 spiro atoms. The Morgan fingerprint density at radius 3 is 3.00 bits per heavy atom. The zero-order valence-electron chi connectivity index (χ0n) is 19.8. The molecule has 0 bridgehead atoms. The molecule has 6 rings (SSSR count). The smallest absolute Gasteiger partial charge is 0.413 e. The Balaban J connectivity index is 1.26. The molecule has 0 aliphatic carbocycles. The summed E-state index contributed by atoms with van der Waals surface area (Å²) in [6.07, 6.45) is 3.65. The molecule has 2 unspecified atom stereocenters.